The van der Waals surface area contributed by atoms with E-state index in [4.69, 9.17) is 11.6 Å². The van der Waals surface area contributed by atoms with Crippen molar-refractivity contribution in [2.75, 3.05) is 7.05 Å². The van der Waals surface area contributed by atoms with Gasteiger partial charge in [-0.3, -0.25) is 0 Å². The van der Waals surface area contributed by atoms with Gasteiger partial charge in [-0.25, -0.2) is 4.39 Å². The van der Waals surface area contributed by atoms with Gasteiger partial charge >= 0.3 is 0 Å². The third kappa shape index (κ3) is 3.80. The van der Waals surface area contributed by atoms with Crippen molar-refractivity contribution in [1.29, 1.82) is 0 Å². The van der Waals surface area contributed by atoms with Crippen LogP contribution in [0.15, 0.2) is 18.2 Å². The van der Waals surface area contributed by atoms with Crippen molar-refractivity contribution >= 4 is 11.6 Å². The summed E-state index contributed by atoms with van der Waals surface area (Å²) in [4.78, 5) is 0. The molecule has 0 saturated carbocycles. The molecule has 0 radical (unpaired) electrons. The minimum Gasteiger partial charge on any atom is -0.317 e. The van der Waals surface area contributed by atoms with Crippen LogP contribution < -0.4 is 5.32 Å². The van der Waals surface area contributed by atoms with Gasteiger partial charge in [-0.1, -0.05) is 31.0 Å². The van der Waals surface area contributed by atoms with E-state index in [1.165, 1.54) is 6.07 Å². The van der Waals surface area contributed by atoms with Crippen molar-refractivity contribution in [3.8, 4) is 0 Å². The second kappa shape index (κ2) is 6.09. The van der Waals surface area contributed by atoms with E-state index in [1.807, 2.05) is 7.05 Å². The summed E-state index contributed by atoms with van der Waals surface area (Å²) in [5, 5.41) is 3.46. The first kappa shape index (κ1) is 12.5. The van der Waals surface area contributed by atoms with Crippen LogP contribution in [0.4, 0.5) is 4.39 Å². The Hall–Kier alpha value is -0.600. The molecule has 1 atom stereocenters. The van der Waals surface area contributed by atoms with Crippen LogP contribution in [0.2, 0.25) is 5.02 Å². The molecule has 0 heterocycles. The number of rotatable bonds is 5. The molecule has 0 aliphatic heterocycles. The summed E-state index contributed by atoms with van der Waals surface area (Å²) >= 11 is 5.72. The molecule has 0 aromatic heterocycles. The maximum atomic E-state index is 12.9. The van der Waals surface area contributed by atoms with Crippen molar-refractivity contribution in [3.05, 3.63) is 34.6 Å². The highest BCUT2D eigenvalue weighted by molar-refractivity contribution is 6.30. The Morgan fingerprint density at radius 1 is 1.47 bits per heavy atom. The summed E-state index contributed by atoms with van der Waals surface area (Å²) < 4.78 is 12.9. The molecule has 0 spiro atoms. The SMILES string of the molecule is CCCC(Cc1ccc(F)c(Cl)c1)NC. The lowest BCUT2D eigenvalue weighted by molar-refractivity contribution is 0.513. The van der Waals surface area contributed by atoms with Gasteiger partial charge in [0.25, 0.3) is 0 Å². The molecule has 0 amide bonds. The van der Waals surface area contributed by atoms with Gasteiger partial charge in [0.2, 0.25) is 0 Å². The Morgan fingerprint density at radius 2 is 2.20 bits per heavy atom. The zero-order chi connectivity index (χ0) is 11.3. The molecular formula is C12H17ClFN. The van der Waals surface area contributed by atoms with Gasteiger partial charge in [0, 0.05) is 6.04 Å². The van der Waals surface area contributed by atoms with Gasteiger partial charge in [-0.05, 0) is 37.6 Å². The molecule has 1 N–H and O–H groups in total. The van der Waals surface area contributed by atoms with Gasteiger partial charge in [-0.15, -0.1) is 0 Å². The molecule has 1 unspecified atom stereocenters. The van der Waals surface area contributed by atoms with E-state index in [0.29, 0.717) is 6.04 Å². The summed E-state index contributed by atoms with van der Waals surface area (Å²) in [7, 11) is 1.95. The second-order valence-electron chi connectivity index (χ2n) is 3.73. The molecule has 1 nitrogen and oxygen atoms in total. The van der Waals surface area contributed by atoms with Gasteiger partial charge in [-0.2, -0.15) is 0 Å². The van der Waals surface area contributed by atoms with E-state index in [1.54, 1.807) is 12.1 Å². The van der Waals surface area contributed by atoms with Crippen LogP contribution in [0.25, 0.3) is 0 Å². The van der Waals surface area contributed by atoms with Crippen molar-refractivity contribution in [2.45, 2.75) is 32.2 Å². The molecular weight excluding hydrogens is 213 g/mol. The molecule has 15 heavy (non-hydrogen) atoms. The first-order valence-corrected chi connectivity index (χ1v) is 5.66. The fraction of sp³-hybridized carbons (Fsp3) is 0.500. The van der Waals surface area contributed by atoms with Crippen LogP contribution in [-0.4, -0.2) is 13.1 Å². The molecule has 1 aromatic carbocycles. The molecule has 0 aliphatic rings. The molecule has 0 saturated heterocycles. The zero-order valence-electron chi connectivity index (χ0n) is 9.19. The molecule has 0 bridgehead atoms. The van der Waals surface area contributed by atoms with E-state index in [-0.39, 0.29) is 10.8 Å². The first-order chi connectivity index (χ1) is 7.17. The molecule has 1 aromatic rings. The largest absolute Gasteiger partial charge is 0.317 e. The number of nitrogens with one attached hydrogen (secondary N) is 1. The number of halogens is 2. The van der Waals surface area contributed by atoms with Gasteiger partial charge in [0.05, 0.1) is 5.02 Å². The van der Waals surface area contributed by atoms with Crippen molar-refractivity contribution in [2.24, 2.45) is 0 Å². The van der Waals surface area contributed by atoms with E-state index in [0.717, 1.165) is 24.8 Å². The molecule has 1 rings (SSSR count). The maximum absolute atomic E-state index is 12.9. The quantitative estimate of drug-likeness (QED) is 0.816. The number of hydrogen-bond donors (Lipinski definition) is 1. The lowest BCUT2D eigenvalue weighted by Gasteiger charge is -2.15. The highest BCUT2D eigenvalue weighted by Crippen LogP contribution is 2.17. The summed E-state index contributed by atoms with van der Waals surface area (Å²) in [5.74, 6) is -0.350. The number of hydrogen-bond acceptors (Lipinski definition) is 1. The third-order valence-corrected chi connectivity index (χ3v) is 2.80. The Bertz CT molecular complexity index is 314. The molecule has 0 fully saturated rings. The Labute approximate surface area is 95.6 Å². The van der Waals surface area contributed by atoms with Crippen molar-refractivity contribution < 1.29 is 4.39 Å². The van der Waals surface area contributed by atoms with Gasteiger partial charge in [0.15, 0.2) is 0 Å². The number of likely N-dealkylation sites (N-methyl/N-ethyl adjacent to an activating group) is 1. The summed E-state index contributed by atoms with van der Waals surface area (Å²) in [6.45, 7) is 2.15. The predicted molar refractivity (Wildman–Crippen MR) is 62.9 cm³/mol. The monoisotopic (exact) mass is 229 g/mol. The van der Waals surface area contributed by atoms with Crippen LogP contribution >= 0.6 is 11.6 Å². The van der Waals surface area contributed by atoms with Crippen LogP contribution in [0.5, 0.6) is 0 Å². The number of benzene rings is 1. The summed E-state index contributed by atoms with van der Waals surface area (Å²) in [6, 6.07) is 5.37. The molecule has 0 aliphatic carbocycles. The second-order valence-corrected chi connectivity index (χ2v) is 4.13. The smallest absolute Gasteiger partial charge is 0.141 e. The van der Waals surface area contributed by atoms with Gasteiger partial charge in [0.1, 0.15) is 5.82 Å². The lowest BCUT2D eigenvalue weighted by atomic mass is 10.0. The fourth-order valence-electron chi connectivity index (χ4n) is 1.65. The molecule has 84 valence electrons. The third-order valence-electron chi connectivity index (χ3n) is 2.51. The average molecular weight is 230 g/mol. The highest BCUT2D eigenvalue weighted by Gasteiger charge is 2.07. The predicted octanol–water partition coefficient (Wildman–Crippen LogP) is 3.41. The Balaban J connectivity index is 2.66. The van der Waals surface area contributed by atoms with E-state index >= 15 is 0 Å². The Kier molecular flexibility index (Phi) is 5.06. The van der Waals surface area contributed by atoms with Gasteiger partial charge < -0.3 is 5.32 Å². The topological polar surface area (TPSA) is 12.0 Å². The molecule has 3 heteroatoms. The zero-order valence-corrected chi connectivity index (χ0v) is 9.94. The van der Waals surface area contributed by atoms with Crippen LogP contribution in [-0.2, 0) is 6.42 Å². The standard InChI is InChI=1S/C12H17ClFN/c1-3-4-10(15-2)7-9-5-6-12(14)11(13)8-9/h5-6,8,10,15H,3-4,7H2,1-2H3. The van der Waals surface area contributed by atoms with E-state index < -0.39 is 0 Å². The maximum Gasteiger partial charge on any atom is 0.141 e. The van der Waals surface area contributed by atoms with E-state index in [9.17, 15) is 4.39 Å². The normalized spacial score (nSPS) is 12.8. The average Bonchev–Trinajstić information content (AvgIpc) is 2.23. The lowest BCUT2D eigenvalue weighted by Crippen LogP contribution is -2.27. The summed E-state index contributed by atoms with van der Waals surface area (Å²) in [5.41, 5.74) is 1.08. The minimum absolute atomic E-state index is 0.207. The van der Waals surface area contributed by atoms with Crippen LogP contribution in [0.1, 0.15) is 25.3 Å². The van der Waals surface area contributed by atoms with Crippen molar-refractivity contribution in [1.82, 2.24) is 5.32 Å². The fourth-order valence-corrected chi connectivity index (χ4v) is 1.85. The first-order valence-electron chi connectivity index (χ1n) is 5.28. The van der Waals surface area contributed by atoms with Crippen molar-refractivity contribution in [3.63, 3.8) is 0 Å². The highest BCUT2D eigenvalue weighted by atomic mass is 35.5. The van der Waals surface area contributed by atoms with Crippen LogP contribution in [0.3, 0.4) is 0 Å². The Morgan fingerprint density at radius 3 is 2.73 bits per heavy atom. The van der Waals surface area contributed by atoms with Crippen LogP contribution in [0, 0.1) is 5.82 Å². The van der Waals surface area contributed by atoms with E-state index in [2.05, 4.69) is 12.2 Å². The minimum atomic E-state index is -0.350. The summed E-state index contributed by atoms with van der Waals surface area (Å²) in [6.07, 6.45) is 3.15.